The summed E-state index contributed by atoms with van der Waals surface area (Å²) in [6.45, 7) is 1.92. The number of benzene rings is 1. The van der Waals surface area contributed by atoms with Crippen LogP contribution in [0.15, 0.2) is 29.8 Å². The van der Waals surface area contributed by atoms with Crippen molar-refractivity contribution in [3.63, 3.8) is 0 Å². The molecule has 6 heteroatoms. The lowest BCUT2D eigenvalue weighted by atomic mass is 10.0. The van der Waals surface area contributed by atoms with Crippen LogP contribution in [0.5, 0.6) is 0 Å². The summed E-state index contributed by atoms with van der Waals surface area (Å²) in [6.07, 6.45) is -2.54. The van der Waals surface area contributed by atoms with Gasteiger partial charge < -0.3 is 0 Å². The Labute approximate surface area is 113 Å². The first-order chi connectivity index (χ1) is 8.63. The number of hydrogen-bond donors (Lipinski definition) is 1. The van der Waals surface area contributed by atoms with E-state index >= 15 is 0 Å². The summed E-state index contributed by atoms with van der Waals surface area (Å²) in [5.41, 5.74) is 4.14. The standard InChI is InChI=1S/C12H11ClF2N2S/c1-7-11(18-6-16-7)9-4-2-8(3-5-9)10(17-13)12(14)15/h2-6,10,12,17H,1H3/t10-/m1/s1. The summed E-state index contributed by atoms with van der Waals surface area (Å²) in [7, 11) is 0. The summed E-state index contributed by atoms with van der Waals surface area (Å²) >= 11 is 6.85. The molecule has 2 rings (SSSR count). The summed E-state index contributed by atoms with van der Waals surface area (Å²) in [5.74, 6) is 0. The van der Waals surface area contributed by atoms with E-state index in [4.69, 9.17) is 11.8 Å². The zero-order valence-electron chi connectivity index (χ0n) is 9.53. The van der Waals surface area contributed by atoms with Gasteiger partial charge in [0.15, 0.2) is 0 Å². The van der Waals surface area contributed by atoms with Crippen molar-refractivity contribution in [2.24, 2.45) is 0 Å². The first-order valence-corrected chi connectivity index (χ1v) is 6.54. The van der Waals surface area contributed by atoms with E-state index in [1.54, 1.807) is 29.8 Å². The van der Waals surface area contributed by atoms with Gasteiger partial charge in [0.25, 0.3) is 6.43 Å². The van der Waals surface area contributed by atoms with Gasteiger partial charge in [-0.25, -0.2) is 18.6 Å². The van der Waals surface area contributed by atoms with Crippen molar-refractivity contribution < 1.29 is 8.78 Å². The van der Waals surface area contributed by atoms with E-state index in [2.05, 4.69) is 9.82 Å². The minimum absolute atomic E-state index is 0.464. The van der Waals surface area contributed by atoms with Crippen LogP contribution in [0.2, 0.25) is 0 Å². The van der Waals surface area contributed by atoms with Gasteiger partial charge in [0, 0.05) is 0 Å². The van der Waals surface area contributed by atoms with Crippen LogP contribution in [0.1, 0.15) is 17.3 Å². The van der Waals surface area contributed by atoms with E-state index in [1.165, 1.54) is 11.3 Å². The third kappa shape index (κ3) is 2.68. The van der Waals surface area contributed by atoms with Gasteiger partial charge in [0.05, 0.1) is 16.1 Å². The molecule has 2 nitrogen and oxygen atoms in total. The van der Waals surface area contributed by atoms with Crippen LogP contribution in [0, 0.1) is 6.92 Å². The third-order valence-electron chi connectivity index (χ3n) is 2.65. The Balaban J connectivity index is 2.28. The molecule has 0 radical (unpaired) electrons. The highest BCUT2D eigenvalue weighted by atomic mass is 35.5. The zero-order chi connectivity index (χ0) is 13.1. The highest BCUT2D eigenvalue weighted by molar-refractivity contribution is 7.13. The molecule has 0 aliphatic carbocycles. The van der Waals surface area contributed by atoms with Gasteiger partial charge in [-0.2, -0.15) is 0 Å². The Bertz CT molecular complexity index is 513. The first-order valence-electron chi connectivity index (χ1n) is 5.28. The first kappa shape index (κ1) is 13.4. The van der Waals surface area contributed by atoms with Crippen molar-refractivity contribution >= 4 is 23.1 Å². The largest absolute Gasteiger partial charge is 0.259 e. The molecule has 0 aliphatic heterocycles. The lowest BCUT2D eigenvalue weighted by Gasteiger charge is -2.14. The van der Waals surface area contributed by atoms with Crippen molar-refractivity contribution in [2.45, 2.75) is 19.4 Å². The molecule has 1 heterocycles. The van der Waals surface area contributed by atoms with Gasteiger partial charge in [-0.15, -0.1) is 11.3 Å². The zero-order valence-corrected chi connectivity index (χ0v) is 11.1. The predicted molar refractivity (Wildman–Crippen MR) is 70.0 cm³/mol. The van der Waals surface area contributed by atoms with E-state index in [-0.39, 0.29) is 0 Å². The minimum Gasteiger partial charge on any atom is -0.249 e. The predicted octanol–water partition coefficient (Wildman–Crippen LogP) is 4.17. The van der Waals surface area contributed by atoms with E-state index in [9.17, 15) is 8.78 Å². The molecule has 18 heavy (non-hydrogen) atoms. The molecule has 0 fully saturated rings. The maximum absolute atomic E-state index is 12.7. The van der Waals surface area contributed by atoms with Gasteiger partial charge in [-0.1, -0.05) is 24.3 Å². The Kier molecular flexibility index (Phi) is 4.27. The molecule has 1 aromatic heterocycles. The second-order valence-electron chi connectivity index (χ2n) is 3.81. The molecule has 0 spiro atoms. The number of nitrogens with zero attached hydrogens (tertiary/aromatic N) is 1. The van der Waals surface area contributed by atoms with Crippen LogP contribution in [-0.2, 0) is 0 Å². The smallest absolute Gasteiger partial charge is 0.249 e. The SMILES string of the molecule is Cc1ncsc1-c1ccc([C@@H](NCl)C(F)F)cc1. The Hall–Kier alpha value is -1.04. The Morgan fingerprint density at radius 2 is 1.94 bits per heavy atom. The van der Waals surface area contributed by atoms with Crippen molar-refractivity contribution in [3.8, 4) is 10.4 Å². The number of aromatic nitrogens is 1. The molecule has 1 aromatic carbocycles. The molecule has 0 bridgehead atoms. The molecule has 2 aromatic rings. The molecular weight excluding hydrogens is 278 g/mol. The fourth-order valence-electron chi connectivity index (χ4n) is 1.68. The van der Waals surface area contributed by atoms with E-state index in [0.717, 1.165) is 16.1 Å². The van der Waals surface area contributed by atoms with Gasteiger partial charge in [-0.3, -0.25) is 0 Å². The second kappa shape index (κ2) is 5.73. The minimum atomic E-state index is -2.54. The van der Waals surface area contributed by atoms with Crippen molar-refractivity contribution in [1.82, 2.24) is 9.82 Å². The number of halogens is 3. The summed E-state index contributed by atoms with van der Waals surface area (Å²) in [6, 6.07) is 5.77. The van der Waals surface area contributed by atoms with Gasteiger partial charge >= 0.3 is 0 Å². The van der Waals surface area contributed by atoms with Crippen LogP contribution >= 0.6 is 23.1 Å². The fraction of sp³-hybridized carbons (Fsp3) is 0.250. The quantitative estimate of drug-likeness (QED) is 0.854. The molecular formula is C12H11ClF2N2S. The van der Waals surface area contributed by atoms with Crippen LogP contribution < -0.4 is 4.84 Å². The van der Waals surface area contributed by atoms with Crippen molar-refractivity contribution in [2.75, 3.05) is 0 Å². The number of aryl methyl sites for hydroxylation is 1. The maximum Gasteiger partial charge on any atom is 0.259 e. The van der Waals surface area contributed by atoms with Gasteiger partial charge in [0.1, 0.15) is 6.04 Å². The summed E-state index contributed by atoms with van der Waals surface area (Å²) in [4.78, 5) is 7.31. The van der Waals surface area contributed by atoms with E-state index in [0.29, 0.717) is 5.56 Å². The maximum atomic E-state index is 12.7. The molecule has 0 amide bonds. The van der Waals surface area contributed by atoms with Crippen molar-refractivity contribution in [3.05, 3.63) is 41.0 Å². The normalized spacial score (nSPS) is 12.9. The summed E-state index contributed by atoms with van der Waals surface area (Å²) in [5, 5.41) is 0. The number of thiazole rings is 1. The summed E-state index contributed by atoms with van der Waals surface area (Å²) < 4.78 is 25.3. The number of rotatable bonds is 4. The highest BCUT2D eigenvalue weighted by Gasteiger charge is 2.21. The number of alkyl halides is 2. The fourth-order valence-corrected chi connectivity index (χ4v) is 2.71. The topological polar surface area (TPSA) is 24.9 Å². The van der Waals surface area contributed by atoms with Crippen molar-refractivity contribution in [1.29, 1.82) is 0 Å². The Morgan fingerprint density at radius 3 is 2.39 bits per heavy atom. The highest BCUT2D eigenvalue weighted by Crippen LogP contribution is 2.29. The van der Waals surface area contributed by atoms with Crippen LogP contribution in [-0.4, -0.2) is 11.4 Å². The van der Waals surface area contributed by atoms with Crippen LogP contribution in [0.3, 0.4) is 0 Å². The molecule has 0 aliphatic rings. The monoisotopic (exact) mass is 288 g/mol. The number of nitrogens with one attached hydrogen (secondary N) is 1. The van der Waals surface area contributed by atoms with Crippen LogP contribution in [0.25, 0.3) is 10.4 Å². The number of hydrogen-bond acceptors (Lipinski definition) is 3. The van der Waals surface area contributed by atoms with Gasteiger partial charge in [-0.05, 0) is 29.8 Å². The van der Waals surface area contributed by atoms with E-state index in [1.807, 2.05) is 6.92 Å². The molecule has 96 valence electrons. The third-order valence-corrected chi connectivity index (χ3v) is 3.86. The molecule has 0 saturated carbocycles. The average molecular weight is 289 g/mol. The molecule has 0 unspecified atom stereocenters. The lowest BCUT2D eigenvalue weighted by molar-refractivity contribution is 0.109. The van der Waals surface area contributed by atoms with Gasteiger partial charge in [0.2, 0.25) is 0 Å². The van der Waals surface area contributed by atoms with Crippen LogP contribution in [0.4, 0.5) is 8.78 Å². The molecule has 1 N–H and O–H groups in total. The van der Waals surface area contributed by atoms with E-state index < -0.39 is 12.5 Å². The second-order valence-corrected chi connectivity index (χ2v) is 4.88. The Morgan fingerprint density at radius 1 is 1.28 bits per heavy atom. The lowest BCUT2D eigenvalue weighted by Crippen LogP contribution is -2.19. The molecule has 1 atom stereocenters. The average Bonchev–Trinajstić information content (AvgIpc) is 2.77. The molecule has 0 saturated heterocycles.